The van der Waals surface area contributed by atoms with Crippen molar-refractivity contribution in [3.05, 3.63) is 35.7 Å². The SMILES string of the molecule is CCNc1ncc(CN2CCC3(CC2)c2nc[nH]c2CCN3C(=O)CC)cn1. The first kappa shape index (κ1) is 18.9. The lowest BCUT2D eigenvalue weighted by Crippen LogP contribution is -2.58. The standard InChI is InChI=1S/C20H29N7O/c1-3-17(28)27-8-5-16-18(25-14-24-16)20(27)6-9-26(10-7-20)13-15-11-22-19(21-4-2)23-12-15/h11-12,14H,3-10,13H2,1-2H3,(H,24,25)(H,21,22,23). The zero-order valence-electron chi connectivity index (χ0n) is 16.7. The highest BCUT2D eigenvalue weighted by molar-refractivity contribution is 5.77. The molecule has 0 aromatic carbocycles. The Morgan fingerprint density at radius 1 is 1.18 bits per heavy atom. The van der Waals surface area contributed by atoms with Crippen LogP contribution >= 0.6 is 0 Å². The Hall–Kier alpha value is -2.48. The summed E-state index contributed by atoms with van der Waals surface area (Å²) in [5, 5.41) is 3.12. The van der Waals surface area contributed by atoms with Gasteiger partial charge in [0, 0.05) is 69.2 Å². The van der Waals surface area contributed by atoms with Crippen molar-refractivity contribution in [3.8, 4) is 0 Å². The van der Waals surface area contributed by atoms with Gasteiger partial charge in [-0.1, -0.05) is 6.92 Å². The molecule has 28 heavy (non-hydrogen) atoms. The topological polar surface area (TPSA) is 90.0 Å². The number of nitrogens with zero attached hydrogens (tertiary/aromatic N) is 5. The second-order valence-electron chi connectivity index (χ2n) is 7.63. The van der Waals surface area contributed by atoms with E-state index in [1.807, 2.05) is 26.2 Å². The molecule has 0 atom stereocenters. The fourth-order valence-electron chi connectivity index (χ4n) is 4.56. The van der Waals surface area contributed by atoms with E-state index in [0.29, 0.717) is 12.4 Å². The maximum Gasteiger partial charge on any atom is 0.223 e. The lowest BCUT2D eigenvalue weighted by molar-refractivity contribution is -0.141. The first-order valence-electron chi connectivity index (χ1n) is 10.3. The zero-order valence-corrected chi connectivity index (χ0v) is 16.7. The van der Waals surface area contributed by atoms with Gasteiger partial charge in [0.1, 0.15) is 0 Å². The van der Waals surface area contributed by atoms with Crippen molar-refractivity contribution in [1.29, 1.82) is 0 Å². The fourth-order valence-corrected chi connectivity index (χ4v) is 4.56. The van der Waals surface area contributed by atoms with Crippen LogP contribution in [-0.4, -0.2) is 61.8 Å². The van der Waals surface area contributed by atoms with Crippen molar-refractivity contribution in [1.82, 2.24) is 29.7 Å². The Balaban J connectivity index is 1.47. The van der Waals surface area contributed by atoms with Gasteiger partial charge in [0.15, 0.2) is 0 Å². The number of piperidine rings is 1. The van der Waals surface area contributed by atoms with Gasteiger partial charge in [-0.15, -0.1) is 0 Å². The molecule has 0 bridgehead atoms. The number of hydrogen-bond acceptors (Lipinski definition) is 6. The van der Waals surface area contributed by atoms with Crippen LogP contribution in [0.4, 0.5) is 5.95 Å². The first-order chi connectivity index (χ1) is 13.7. The summed E-state index contributed by atoms with van der Waals surface area (Å²) in [6.07, 6.45) is 8.80. The predicted octanol–water partition coefficient (Wildman–Crippen LogP) is 1.92. The molecule has 8 heteroatoms. The lowest BCUT2D eigenvalue weighted by Gasteiger charge is -2.50. The largest absolute Gasteiger partial charge is 0.355 e. The van der Waals surface area contributed by atoms with Crippen LogP contribution in [0.3, 0.4) is 0 Å². The highest BCUT2D eigenvalue weighted by Gasteiger charge is 2.48. The molecule has 0 aliphatic carbocycles. The van der Waals surface area contributed by atoms with Crippen molar-refractivity contribution in [3.63, 3.8) is 0 Å². The van der Waals surface area contributed by atoms with Gasteiger partial charge in [-0.2, -0.15) is 0 Å². The van der Waals surface area contributed by atoms with Gasteiger partial charge in [0.25, 0.3) is 0 Å². The normalized spacial score (nSPS) is 18.9. The molecular weight excluding hydrogens is 354 g/mol. The van der Waals surface area contributed by atoms with Crippen molar-refractivity contribution in [2.24, 2.45) is 0 Å². The van der Waals surface area contributed by atoms with Crippen LogP contribution in [0.1, 0.15) is 50.1 Å². The summed E-state index contributed by atoms with van der Waals surface area (Å²) >= 11 is 0. The van der Waals surface area contributed by atoms with Crippen molar-refractivity contribution in [2.75, 3.05) is 31.5 Å². The van der Waals surface area contributed by atoms with Gasteiger partial charge in [-0.25, -0.2) is 15.0 Å². The smallest absolute Gasteiger partial charge is 0.223 e. The van der Waals surface area contributed by atoms with E-state index in [9.17, 15) is 4.79 Å². The minimum Gasteiger partial charge on any atom is -0.355 e. The van der Waals surface area contributed by atoms with Crippen LogP contribution in [0, 0.1) is 0 Å². The number of carbonyl (C=O) groups is 1. The molecule has 4 heterocycles. The molecule has 1 spiro atoms. The van der Waals surface area contributed by atoms with Crippen molar-refractivity contribution >= 4 is 11.9 Å². The summed E-state index contributed by atoms with van der Waals surface area (Å²) in [6, 6.07) is 0. The number of carbonyl (C=O) groups excluding carboxylic acids is 1. The molecule has 150 valence electrons. The number of hydrogen-bond donors (Lipinski definition) is 2. The summed E-state index contributed by atoms with van der Waals surface area (Å²) in [5.41, 5.74) is 3.13. The Bertz CT molecular complexity index is 808. The molecule has 2 N–H and O–H groups in total. The molecule has 1 saturated heterocycles. The quantitative estimate of drug-likeness (QED) is 0.820. The number of aromatic nitrogens is 4. The van der Waals surface area contributed by atoms with Crippen LogP contribution in [-0.2, 0) is 23.3 Å². The minimum atomic E-state index is -0.261. The number of fused-ring (bicyclic) bond motifs is 2. The van der Waals surface area contributed by atoms with Gasteiger partial charge >= 0.3 is 0 Å². The first-order valence-corrected chi connectivity index (χ1v) is 10.3. The summed E-state index contributed by atoms with van der Waals surface area (Å²) < 4.78 is 0. The average molecular weight is 384 g/mol. The fraction of sp³-hybridized carbons (Fsp3) is 0.600. The molecule has 8 nitrogen and oxygen atoms in total. The Morgan fingerprint density at radius 3 is 2.61 bits per heavy atom. The molecule has 4 rings (SSSR count). The highest BCUT2D eigenvalue weighted by atomic mass is 16.2. The number of H-pyrrole nitrogens is 1. The molecule has 2 aliphatic rings. The Kier molecular flexibility index (Phi) is 5.30. The van der Waals surface area contributed by atoms with Gasteiger partial charge in [0.05, 0.1) is 17.6 Å². The van der Waals surface area contributed by atoms with E-state index < -0.39 is 0 Å². The van der Waals surface area contributed by atoms with Crippen LogP contribution in [0.5, 0.6) is 0 Å². The summed E-state index contributed by atoms with van der Waals surface area (Å²) in [7, 11) is 0. The van der Waals surface area contributed by atoms with E-state index in [4.69, 9.17) is 0 Å². The van der Waals surface area contributed by atoms with E-state index in [1.165, 1.54) is 5.69 Å². The monoisotopic (exact) mass is 383 g/mol. The molecule has 2 aromatic rings. The number of likely N-dealkylation sites (tertiary alicyclic amines) is 1. The summed E-state index contributed by atoms with van der Waals surface area (Å²) in [5.74, 6) is 0.903. The van der Waals surface area contributed by atoms with Gasteiger partial charge < -0.3 is 15.2 Å². The van der Waals surface area contributed by atoms with Crippen LogP contribution < -0.4 is 5.32 Å². The third-order valence-electron chi connectivity index (χ3n) is 5.99. The van der Waals surface area contributed by atoms with E-state index >= 15 is 0 Å². The van der Waals surface area contributed by atoms with Gasteiger partial charge in [-0.05, 0) is 19.8 Å². The molecular formula is C20H29N7O. The van der Waals surface area contributed by atoms with E-state index in [2.05, 4.69) is 35.1 Å². The lowest BCUT2D eigenvalue weighted by atomic mass is 9.78. The van der Waals surface area contributed by atoms with Crippen molar-refractivity contribution in [2.45, 2.75) is 51.6 Å². The molecule has 0 radical (unpaired) electrons. The number of amides is 1. The van der Waals surface area contributed by atoms with E-state index in [0.717, 1.165) is 63.2 Å². The molecule has 1 fully saturated rings. The number of nitrogens with one attached hydrogen (secondary N) is 2. The number of rotatable bonds is 5. The maximum absolute atomic E-state index is 12.7. The van der Waals surface area contributed by atoms with E-state index in [1.54, 1.807) is 6.33 Å². The summed E-state index contributed by atoms with van der Waals surface area (Å²) in [4.78, 5) is 33.9. The van der Waals surface area contributed by atoms with Crippen LogP contribution in [0.2, 0.25) is 0 Å². The second-order valence-corrected chi connectivity index (χ2v) is 7.63. The van der Waals surface area contributed by atoms with E-state index in [-0.39, 0.29) is 11.4 Å². The molecule has 2 aromatic heterocycles. The zero-order chi connectivity index (χ0) is 19.6. The number of anilines is 1. The Labute approximate surface area is 165 Å². The van der Waals surface area contributed by atoms with Gasteiger partial charge in [0.2, 0.25) is 11.9 Å². The summed E-state index contributed by atoms with van der Waals surface area (Å²) in [6.45, 7) is 8.25. The van der Waals surface area contributed by atoms with Gasteiger partial charge in [-0.3, -0.25) is 9.69 Å². The van der Waals surface area contributed by atoms with Crippen LogP contribution in [0.25, 0.3) is 0 Å². The third kappa shape index (κ3) is 3.37. The molecule has 0 unspecified atom stereocenters. The average Bonchev–Trinajstić information content (AvgIpc) is 3.21. The second kappa shape index (κ2) is 7.87. The van der Waals surface area contributed by atoms with Crippen LogP contribution in [0.15, 0.2) is 18.7 Å². The predicted molar refractivity (Wildman–Crippen MR) is 107 cm³/mol. The molecule has 0 saturated carbocycles. The molecule has 2 aliphatic heterocycles. The Morgan fingerprint density at radius 2 is 1.93 bits per heavy atom. The maximum atomic E-state index is 12.7. The number of imidazole rings is 1. The number of aromatic amines is 1. The third-order valence-corrected chi connectivity index (χ3v) is 5.99. The molecule has 1 amide bonds. The highest BCUT2D eigenvalue weighted by Crippen LogP contribution is 2.42. The van der Waals surface area contributed by atoms with Crippen molar-refractivity contribution < 1.29 is 4.79 Å². The minimum absolute atomic E-state index is 0.231.